The zero-order chi connectivity index (χ0) is 12.5. The van der Waals surface area contributed by atoms with Crippen molar-refractivity contribution in [1.29, 1.82) is 0 Å². The number of rotatable bonds is 3. The van der Waals surface area contributed by atoms with E-state index < -0.39 is 0 Å². The van der Waals surface area contributed by atoms with E-state index in [1.54, 1.807) is 0 Å². The molecule has 1 aromatic carbocycles. The Bertz CT molecular complexity index is 466. The molecule has 2 aliphatic rings. The molecule has 2 N–H and O–H groups in total. The largest absolute Gasteiger partial charge is 0.385 e. The average molecular weight is 244 g/mol. The van der Waals surface area contributed by atoms with Crippen LogP contribution in [0.15, 0.2) is 18.2 Å². The van der Waals surface area contributed by atoms with Crippen molar-refractivity contribution in [3.63, 3.8) is 0 Å². The van der Waals surface area contributed by atoms with E-state index in [9.17, 15) is 4.79 Å². The van der Waals surface area contributed by atoms with Crippen molar-refractivity contribution in [2.75, 3.05) is 17.2 Å². The summed E-state index contributed by atoms with van der Waals surface area (Å²) in [6, 6.07) is 6.18. The van der Waals surface area contributed by atoms with Crippen molar-refractivity contribution < 1.29 is 4.79 Å². The molecular formula is C15H20N2O. The molecule has 1 heterocycles. The standard InChI is InChI=1S/C15H20N2O/c1-10(11-4-5-11)15(18)17-13-6-7-14-12(9-13)3-2-8-16-14/h6-7,9-11,16H,2-5,8H2,1H3,(H,17,18). The number of hydrogen-bond acceptors (Lipinski definition) is 2. The molecule has 0 bridgehead atoms. The number of nitrogens with one attached hydrogen (secondary N) is 2. The molecule has 18 heavy (non-hydrogen) atoms. The molecule has 1 atom stereocenters. The summed E-state index contributed by atoms with van der Waals surface area (Å²) in [4.78, 5) is 12.0. The summed E-state index contributed by atoms with van der Waals surface area (Å²) in [6.45, 7) is 3.09. The molecule has 1 unspecified atom stereocenters. The fourth-order valence-electron chi connectivity index (χ4n) is 2.62. The summed E-state index contributed by atoms with van der Waals surface area (Å²) in [7, 11) is 0. The first-order valence-corrected chi connectivity index (χ1v) is 6.92. The van der Waals surface area contributed by atoms with E-state index in [-0.39, 0.29) is 11.8 Å². The third-order valence-electron chi connectivity index (χ3n) is 4.05. The van der Waals surface area contributed by atoms with Gasteiger partial charge in [0.25, 0.3) is 0 Å². The third kappa shape index (κ3) is 2.35. The highest BCUT2D eigenvalue weighted by Gasteiger charge is 2.32. The Balaban J connectivity index is 1.70. The van der Waals surface area contributed by atoms with Crippen molar-refractivity contribution >= 4 is 17.3 Å². The molecule has 0 aromatic heterocycles. The Labute approximate surface area is 108 Å². The number of benzene rings is 1. The third-order valence-corrected chi connectivity index (χ3v) is 4.05. The van der Waals surface area contributed by atoms with Gasteiger partial charge in [-0.3, -0.25) is 4.79 Å². The first-order chi connectivity index (χ1) is 8.74. The van der Waals surface area contributed by atoms with Gasteiger partial charge in [0.15, 0.2) is 0 Å². The van der Waals surface area contributed by atoms with Crippen LogP contribution in [0.4, 0.5) is 11.4 Å². The molecule has 3 heteroatoms. The molecule has 0 spiro atoms. The molecule has 1 aromatic rings. The van der Waals surface area contributed by atoms with E-state index in [0.29, 0.717) is 5.92 Å². The first kappa shape index (κ1) is 11.6. The first-order valence-electron chi connectivity index (χ1n) is 6.92. The Morgan fingerprint density at radius 3 is 3.06 bits per heavy atom. The number of carbonyl (C=O) groups excluding carboxylic acids is 1. The van der Waals surface area contributed by atoms with Gasteiger partial charge < -0.3 is 10.6 Å². The number of fused-ring (bicyclic) bond motifs is 1. The van der Waals surface area contributed by atoms with E-state index >= 15 is 0 Å². The van der Waals surface area contributed by atoms with Crippen LogP contribution in [0.1, 0.15) is 31.7 Å². The number of carbonyl (C=O) groups is 1. The quantitative estimate of drug-likeness (QED) is 0.858. The molecule has 1 aliphatic carbocycles. The maximum atomic E-state index is 12.0. The Morgan fingerprint density at radius 1 is 1.44 bits per heavy atom. The van der Waals surface area contributed by atoms with Gasteiger partial charge in [0.05, 0.1) is 0 Å². The normalized spacial score (nSPS) is 19.6. The topological polar surface area (TPSA) is 41.1 Å². The predicted octanol–water partition coefficient (Wildman–Crippen LogP) is 3.03. The van der Waals surface area contributed by atoms with Crippen LogP contribution in [0.3, 0.4) is 0 Å². The molecule has 0 saturated heterocycles. The van der Waals surface area contributed by atoms with Crippen molar-refractivity contribution in [2.24, 2.45) is 11.8 Å². The van der Waals surface area contributed by atoms with Crippen molar-refractivity contribution in [1.82, 2.24) is 0 Å². The lowest BCUT2D eigenvalue weighted by Crippen LogP contribution is -2.22. The smallest absolute Gasteiger partial charge is 0.227 e. The molecule has 3 rings (SSSR count). The van der Waals surface area contributed by atoms with Gasteiger partial charge in [-0.25, -0.2) is 0 Å². The molecule has 0 radical (unpaired) electrons. The molecule has 1 saturated carbocycles. The second-order valence-corrected chi connectivity index (χ2v) is 5.52. The lowest BCUT2D eigenvalue weighted by molar-refractivity contribution is -0.119. The van der Waals surface area contributed by atoms with Gasteiger partial charge in [0, 0.05) is 23.8 Å². The van der Waals surface area contributed by atoms with Crippen LogP contribution < -0.4 is 10.6 Å². The monoisotopic (exact) mass is 244 g/mol. The molecule has 1 amide bonds. The van der Waals surface area contributed by atoms with E-state index in [1.165, 1.54) is 30.5 Å². The van der Waals surface area contributed by atoms with Crippen LogP contribution in [-0.4, -0.2) is 12.5 Å². The highest BCUT2D eigenvalue weighted by atomic mass is 16.1. The summed E-state index contributed by atoms with van der Waals surface area (Å²) in [5.74, 6) is 0.935. The van der Waals surface area contributed by atoms with Gasteiger partial charge in [0.1, 0.15) is 0 Å². The summed E-state index contributed by atoms with van der Waals surface area (Å²) >= 11 is 0. The van der Waals surface area contributed by atoms with Gasteiger partial charge in [-0.15, -0.1) is 0 Å². The molecule has 96 valence electrons. The van der Waals surface area contributed by atoms with E-state index in [2.05, 4.69) is 22.8 Å². The van der Waals surface area contributed by atoms with Crippen molar-refractivity contribution in [3.8, 4) is 0 Å². The molecule has 1 fully saturated rings. The zero-order valence-corrected chi connectivity index (χ0v) is 10.8. The molecule has 1 aliphatic heterocycles. The van der Waals surface area contributed by atoms with Crippen molar-refractivity contribution in [2.45, 2.75) is 32.6 Å². The maximum Gasteiger partial charge on any atom is 0.227 e. The lowest BCUT2D eigenvalue weighted by atomic mass is 10.0. The maximum absolute atomic E-state index is 12.0. The SMILES string of the molecule is CC(C(=O)Nc1ccc2c(c1)CCCN2)C1CC1. The average Bonchev–Trinajstić information content (AvgIpc) is 3.22. The molecule has 3 nitrogen and oxygen atoms in total. The highest BCUT2D eigenvalue weighted by molar-refractivity contribution is 5.93. The second-order valence-electron chi connectivity index (χ2n) is 5.52. The summed E-state index contributed by atoms with van der Waals surface area (Å²) < 4.78 is 0. The summed E-state index contributed by atoms with van der Waals surface area (Å²) in [5, 5.41) is 6.43. The number of hydrogen-bond donors (Lipinski definition) is 2. The summed E-state index contributed by atoms with van der Waals surface area (Å²) in [5.41, 5.74) is 3.47. The van der Waals surface area contributed by atoms with Gasteiger partial charge in [0.2, 0.25) is 5.91 Å². The zero-order valence-electron chi connectivity index (χ0n) is 10.8. The minimum Gasteiger partial charge on any atom is -0.385 e. The molecular weight excluding hydrogens is 224 g/mol. The van der Waals surface area contributed by atoms with Gasteiger partial charge >= 0.3 is 0 Å². The van der Waals surface area contributed by atoms with E-state index in [0.717, 1.165) is 18.7 Å². The Kier molecular flexibility index (Phi) is 2.98. The van der Waals surface area contributed by atoms with Crippen LogP contribution in [0.25, 0.3) is 0 Å². The van der Waals surface area contributed by atoms with Crippen LogP contribution in [-0.2, 0) is 11.2 Å². The Hall–Kier alpha value is -1.51. The van der Waals surface area contributed by atoms with E-state index in [1.807, 2.05) is 13.0 Å². The second kappa shape index (κ2) is 4.63. The van der Waals surface area contributed by atoms with Crippen LogP contribution in [0.5, 0.6) is 0 Å². The van der Waals surface area contributed by atoms with Crippen molar-refractivity contribution in [3.05, 3.63) is 23.8 Å². The summed E-state index contributed by atoms with van der Waals surface area (Å²) in [6.07, 6.45) is 4.69. The van der Waals surface area contributed by atoms with Gasteiger partial charge in [-0.05, 0) is 55.4 Å². The minimum atomic E-state index is 0.152. The number of amides is 1. The minimum absolute atomic E-state index is 0.152. The van der Waals surface area contributed by atoms with Gasteiger partial charge in [-0.2, -0.15) is 0 Å². The van der Waals surface area contributed by atoms with Crippen LogP contribution >= 0.6 is 0 Å². The van der Waals surface area contributed by atoms with Crippen LogP contribution in [0.2, 0.25) is 0 Å². The van der Waals surface area contributed by atoms with Gasteiger partial charge in [-0.1, -0.05) is 6.92 Å². The number of anilines is 2. The number of aryl methyl sites for hydroxylation is 1. The fourth-order valence-corrected chi connectivity index (χ4v) is 2.62. The van der Waals surface area contributed by atoms with E-state index in [4.69, 9.17) is 0 Å². The van der Waals surface area contributed by atoms with Crippen LogP contribution in [0, 0.1) is 11.8 Å². The lowest BCUT2D eigenvalue weighted by Gasteiger charge is -2.19. The Morgan fingerprint density at radius 2 is 2.28 bits per heavy atom. The predicted molar refractivity (Wildman–Crippen MR) is 73.8 cm³/mol. The highest BCUT2D eigenvalue weighted by Crippen LogP contribution is 2.37. The fraction of sp³-hybridized carbons (Fsp3) is 0.533.